The van der Waals surface area contributed by atoms with Crippen molar-refractivity contribution in [2.24, 2.45) is 0 Å². The third-order valence-electron chi connectivity index (χ3n) is 1.61. The van der Waals surface area contributed by atoms with Crippen molar-refractivity contribution in [3.63, 3.8) is 0 Å². The van der Waals surface area contributed by atoms with Crippen molar-refractivity contribution in [2.45, 2.75) is 6.92 Å². The van der Waals surface area contributed by atoms with Gasteiger partial charge in [0.25, 0.3) is 0 Å². The lowest BCUT2D eigenvalue weighted by atomic mass is 9.99. The van der Waals surface area contributed by atoms with Gasteiger partial charge in [0.15, 0.2) is 0 Å². The second kappa shape index (κ2) is 3.19. The first-order valence-electron chi connectivity index (χ1n) is 3.57. The second-order valence-electron chi connectivity index (χ2n) is 2.47. The first-order chi connectivity index (χ1) is 5.25. The maximum Gasteiger partial charge on any atom is 0.0629 e. The number of rotatable bonds is 1. The minimum atomic E-state index is 0.569. The Morgan fingerprint density at radius 2 is 2.27 bits per heavy atom. The molecule has 0 spiro atoms. The van der Waals surface area contributed by atoms with Crippen LogP contribution < -0.4 is 5.32 Å². The maximum absolute atomic E-state index is 7.54. The number of hydrogen-bond acceptors (Lipinski definition) is 2. The minimum Gasteiger partial charge on any atom is -0.393 e. The van der Waals surface area contributed by atoms with Crippen molar-refractivity contribution in [3.8, 4) is 0 Å². The Kier molecular flexibility index (Phi) is 2.26. The molecule has 0 radical (unpaired) electrons. The van der Waals surface area contributed by atoms with Gasteiger partial charge in [-0.25, -0.2) is 0 Å². The summed E-state index contributed by atoms with van der Waals surface area (Å²) < 4.78 is 0. The SMILES string of the molecule is CN/C=C1\C(=N)C=CC=C1C. The van der Waals surface area contributed by atoms with Crippen molar-refractivity contribution in [2.75, 3.05) is 7.05 Å². The summed E-state index contributed by atoms with van der Waals surface area (Å²) >= 11 is 0. The zero-order valence-electron chi connectivity index (χ0n) is 6.81. The van der Waals surface area contributed by atoms with Crippen molar-refractivity contribution >= 4 is 5.71 Å². The van der Waals surface area contributed by atoms with Gasteiger partial charge in [-0.2, -0.15) is 0 Å². The first-order valence-corrected chi connectivity index (χ1v) is 3.57. The first kappa shape index (κ1) is 7.79. The zero-order valence-corrected chi connectivity index (χ0v) is 6.81. The van der Waals surface area contributed by atoms with E-state index in [1.54, 1.807) is 6.08 Å². The highest BCUT2D eigenvalue weighted by Gasteiger charge is 2.06. The summed E-state index contributed by atoms with van der Waals surface area (Å²) in [5, 5.41) is 10.5. The molecule has 0 unspecified atom stereocenters. The summed E-state index contributed by atoms with van der Waals surface area (Å²) in [6, 6.07) is 0. The van der Waals surface area contributed by atoms with E-state index >= 15 is 0 Å². The Morgan fingerprint density at radius 1 is 1.55 bits per heavy atom. The second-order valence-corrected chi connectivity index (χ2v) is 2.47. The van der Waals surface area contributed by atoms with Gasteiger partial charge >= 0.3 is 0 Å². The molecule has 1 rings (SSSR count). The van der Waals surface area contributed by atoms with Gasteiger partial charge in [0.1, 0.15) is 0 Å². The number of nitrogens with one attached hydrogen (secondary N) is 2. The van der Waals surface area contributed by atoms with Gasteiger partial charge in [0.2, 0.25) is 0 Å². The molecule has 0 saturated heterocycles. The molecule has 2 N–H and O–H groups in total. The average molecular weight is 148 g/mol. The molecule has 2 nitrogen and oxygen atoms in total. The van der Waals surface area contributed by atoms with Gasteiger partial charge in [0, 0.05) is 18.8 Å². The van der Waals surface area contributed by atoms with E-state index < -0.39 is 0 Å². The molecule has 0 fully saturated rings. The lowest BCUT2D eigenvalue weighted by Gasteiger charge is -2.09. The third kappa shape index (κ3) is 1.58. The smallest absolute Gasteiger partial charge is 0.0629 e. The quantitative estimate of drug-likeness (QED) is 0.582. The van der Waals surface area contributed by atoms with E-state index in [0.717, 1.165) is 11.1 Å². The summed E-state index contributed by atoms with van der Waals surface area (Å²) in [5.74, 6) is 0. The van der Waals surface area contributed by atoms with Gasteiger partial charge in [0.05, 0.1) is 5.71 Å². The number of allylic oxidation sites excluding steroid dienone is 5. The van der Waals surface area contributed by atoms with E-state index in [0.29, 0.717) is 5.71 Å². The van der Waals surface area contributed by atoms with Crippen LogP contribution >= 0.6 is 0 Å². The fourth-order valence-corrected chi connectivity index (χ4v) is 1.02. The molecule has 0 amide bonds. The lowest BCUT2D eigenvalue weighted by Crippen LogP contribution is -2.07. The van der Waals surface area contributed by atoms with E-state index in [2.05, 4.69) is 5.32 Å². The van der Waals surface area contributed by atoms with E-state index in [-0.39, 0.29) is 0 Å². The predicted octanol–water partition coefficient (Wildman–Crippen LogP) is 1.63. The molecular formula is C9H12N2. The average Bonchev–Trinajstić information content (AvgIpc) is 1.97. The van der Waals surface area contributed by atoms with Crippen molar-refractivity contribution < 1.29 is 0 Å². The Labute approximate surface area is 66.8 Å². The van der Waals surface area contributed by atoms with Crippen LogP contribution in [0.4, 0.5) is 0 Å². The summed E-state index contributed by atoms with van der Waals surface area (Å²) in [6.07, 6.45) is 7.53. The van der Waals surface area contributed by atoms with Crippen LogP contribution in [0.2, 0.25) is 0 Å². The fourth-order valence-electron chi connectivity index (χ4n) is 1.02. The normalized spacial score (nSPS) is 20.4. The summed E-state index contributed by atoms with van der Waals surface area (Å²) in [4.78, 5) is 0. The largest absolute Gasteiger partial charge is 0.393 e. The summed E-state index contributed by atoms with van der Waals surface area (Å²) in [6.45, 7) is 2.00. The molecule has 2 heteroatoms. The van der Waals surface area contributed by atoms with Crippen molar-refractivity contribution in [3.05, 3.63) is 35.6 Å². The molecule has 58 valence electrons. The van der Waals surface area contributed by atoms with E-state index in [9.17, 15) is 0 Å². The van der Waals surface area contributed by atoms with Crippen LogP contribution in [0.3, 0.4) is 0 Å². The van der Waals surface area contributed by atoms with Crippen molar-refractivity contribution in [1.29, 1.82) is 5.41 Å². The summed E-state index contributed by atoms with van der Waals surface area (Å²) in [7, 11) is 1.84. The van der Waals surface area contributed by atoms with Crippen LogP contribution in [-0.2, 0) is 0 Å². The molecule has 0 heterocycles. The highest BCUT2D eigenvalue weighted by atomic mass is 14.8. The molecule has 0 aromatic heterocycles. The minimum absolute atomic E-state index is 0.569. The van der Waals surface area contributed by atoms with E-state index in [1.165, 1.54) is 0 Å². The van der Waals surface area contributed by atoms with Crippen LogP contribution in [0.25, 0.3) is 0 Å². The number of hydrogen-bond donors (Lipinski definition) is 2. The molecule has 0 bridgehead atoms. The molecule has 0 atom stereocenters. The Balaban J connectivity index is 2.96. The molecule has 0 saturated carbocycles. The van der Waals surface area contributed by atoms with Gasteiger partial charge in [-0.3, -0.25) is 0 Å². The van der Waals surface area contributed by atoms with E-state index in [1.807, 2.05) is 32.3 Å². The Bertz CT molecular complexity index is 257. The van der Waals surface area contributed by atoms with E-state index in [4.69, 9.17) is 5.41 Å². The molecule has 1 aliphatic rings. The molecule has 1 aliphatic carbocycles. The van der Waals surface area contributed by atoms with Gasteiger partial charge in [-0.05, 0) is 18.6 Å². The molecule has 11 heavy (non-hydrogen) atoms. The Morgan fingerprint density at radius 3 is 2.82 bits per heavy atom. The third-order valence-corrected chi connectivity index (χ3v) is 1.61. The Hall–Kier alpha value is -1.31. The fraction of sp³-hybridized carbons (Fsp3) is 0.222. The van der Waals surface area contributed by atoms with Gasteiger partial charge in [-0.1, -0.05) is 12.2 Å². The van der Waals surface area contributed by atoms with Crippen LogP contribution in [0.5, 0.6) is 0 Å². The molecule has 0 aromatic carbocycles. The molecular weight excluding hydrogens is 136 g/mol. The van der Waals surface area contributed by atoms with Crippen molar-refractivity contribution in [1.82, 2.24) is 5.32 Å². The van der Waals surface area contributed by atoms with Gasteiger partial charge < -0.3 is 10.7 Å². The monoisotopic (exact) mass is 148 g/mol. The molecule has 0 aliphatic heterocycles. The van der Waals surface area contributed by atoms with Gasteiger partial charge in [-0.15, -0.1) is 0 Å². The highest BCUT2D eigenvalue weighted by Crippen LogP contribution is 2.14. The standard InChI is InChI=1S/C9H12N2/c1-7-4-3-5-9(10)8(7)6-11-2/h3-6,10-11H,1-2H3/b8-6-,10-9?. The zero-order chi connectivity index (χ0) is 8.27. The van der Waals surface area contributed by atoms with Crippen LogP contribution in [-0.4, -0.2) is 12.8 Å². The molecule has 0 aromatic rings. The predicted molar refractivity (Wildman–Crippen MR) is 47.8 cm³/mol. The van der Waals surface area contributed by atoms with Crippen LogP contribution in [0.15, 0.2) is 35.6 Å². The summed E-state index contributed by atoms with van der Waals surface area (Å²) in [5.41, 5.74) is 2.67. The lowest BCUT2D eigenvalue weighted by molar-refractivity contribution is 1.09. The topological polar surface area (TPSA) is 35.9 Å². The van der Waals surface area contributed by atoms with Crippen LogP contribution in [0, 0.1) is 5.41 Å². The highest BCUT2D eigenvalue weighted by molar-refractivity contribution is 6.10. The van der Waals surface area contributed by atoms with Crippen LogP contribution in [0.1, 0.15) is 6.92 Å². The maximum atomic E-state index is 7.54.